The Labute approximate surface area is 130 Å². The summed E-state index contributed by atoms with van der Waals surface area (Å²) >= 11 is 0. The molecule has 1 unspecified atom stereocenters. The van der Waals surface area contributed by atoms with Crippen LogP contribution in [-0.4, -0.2) is 24.3 Å². The zero-order valence-electron chi connectivity index (χ0n) is 12.6. The Kier molecular flexibility index (Phi) is 5.98. The zero-order chi connectivity index (χ0) is 15.8. The third kappa shape index (κ3) is 4.60. The smallest absolute Gasteiger partial charge is 0.337 e. The van der Waals surface area contributed by atoms with E-state index in [2.05, 4.69) is 12.1 Å². The molecule has 116 valence electrons. The zero-order valence-corrected chi connectivity index (χ0v) is 12.6. The van der Waals surface area contributed by atoms with Crippen molar-refractivity contribution in [3.63, 3.8) is 0 Å². The first-order valence-electron chi connectivity index (χ1n) is 7.31. The van der Waals surface area contributed by atoms with E-state index in [0.29, 0.717) is 18.8 Å². The summed E-state index contributed by atoms with van der Waals surface area (Å²) in [5.41, 5.74) is 1.84. The predicted molar refractivity (Wildman–Crippen MR) is 84.1 cm³/mol. The molecule has 0 saturated carbocycles. The van der Waals surface area contributed by atoms with Crippen molar-refractivity contribution in [2.45, 2.75) is 19.4 Å². The maximum Gasteiger partial charge on any atom is 0.337 e. The van der Waals surface area contributed by atoms with Gasteiger partial charge in [0.2, 0.25) is 0 Å². The van der Waals surface area contributed by atoms with Crippen molar-refractivity contribution in [3.8, 4) is 5.75 Å². The van der Waals surface area contributed by atoms with Gasteiger partial charge in [0.15, 0.2) is 6.10 Å². The summed E-state index contributed by atoms with van der Waals surface area (Å²) in [4.78, 5) is 11.1. The van der Waals surface area contributed by atoms with Gasteiger partial charge in [-0.3, -0.25) is 0 Å². The first-order chi connectivity index (χ1) is 10.7. The highest BCUT2D eigenvalue weighted by Gasteiger charge is 2.19. The number of benzene rings is 2. The van der Waals surface area contributed by atoms with Gasteiger partial charge in [0.25, 0.3) is 0 Å². The van der Waals surface area contributed by atoms with Crippen molar-refractivity contribution in [2.75, 3.05) is 13.2 Å². The van der Waals surface area contributed by atoms with E-state index in [4.69, 9.17) is 14.6 Å². The van der Waals surface area contributed by atoms with Crippen LogP contribution in [0, 0.1) is 0 Å². The molecule has 22 heavy (non-hydrogen) atoms. The second kappa shape index (κ2) is 8.20. The molecule has 0 aliphatic heterocycles. The van der Waals surface area contributed by atoms with Gasteiger partial charge in [0.05, 0.1) is 6.61 Å². The van der Waals surface area contributed by atoms with Gasteiger partial charge < -0.3 is 14.6 Å². The number of aliphatic carboxylic acids is 1. The summed E-state index contributed by atoms with van der Waals surface area (Å²) in [7, 11) is 0. The third-order valence-corrected chi connectivity index (χ3v) is 3.24. The molecule has 0 bridgehead atoms. The molecule has 0 aromatic heterocycles. The fourth-order valence-corrected chi connectivity index (χ4v) is 2.15. The molecular weight excluding hydrogens is 280 g/mol. The van der Waals surface area contributed by atoms with Crippen LogP contribution < -0.4 is 4.74 Å². The summed E-state index contributed by atoms with van der Waals surface area (Å²) in [6.07, 6.45) is -0.0948. The van der Waals surface area contributed by atoms with E-state index in [1.807, 2.05) is 18.2 Å². The Bertz CT molecular complexity index is 578. The number of carbonyl (C=O) groups is 1. The maximum atomic E-state index is 11.1. The number of hydrogen-bond acceptors (Lipinski definition) is 3. The molecule has 2 aromatic rings. The molecule has 1 N–H and O–H groups in total. The van der Waals surface area contributed by atoms with Crippen LogP contribution in [0.2, 0.25) is 0 Å². The molecule has 4 nitrogen and oxygen atoms in total. The summed E-state index contributed by atoms with van der Waals surface area (Å²) in [6.45, 7) is 2.71. The molecule has 0 fully saturated rings. The van der Waals surface area contributed by atoms with Crippen molar-refractivity contribution in [2.24, 2.45) is 0 Å². The van der Waals surface area contributed by atoms with E-state index in [0.717, 1.165) is 12.2 Å². The highest BCUT2D eigenvalue weighted by atomic mass is 16.5. The number of carboxylic acids is 1. The average Bonchev–Trinajstić information content (AvgIpc) is 2.54. The lowest BCUT2D eigenvalue weighted by Crippen LogP contribution is -2.15. The minimum atomic E-state index is -0.986. The number of hydrogen-bond donors (Lipinski definition) is 1. The summed E-state index contributed by atoms with van der Waals surface area (Å²) in [5.74, 6) is -0.264. The van der Waals surface area contributed by atoms with E-state index in [1.165, 1.54) is 5.56 Å². The van der Waals surface area contributed by atoms with Crippen LogP contribution >= 0.6 is 0 Å². The molecule has 0 spiro atoms. The van der Waals surface area contributed by atoms with E-state index in [9.17, 15) is 4.79 Å². The Hall–Kier alpha value is -2.33. The molecule has 2 rings (SSSR count). The van der Waals surface area contributed by atoms with Crippen LogP contribution in [0.25, 0.3) is 0 Å². The first-order valence-corrected chi connectivity index (χ1v) is 7.31. The molecule has 0 aliphatic rings. The molecule has 0 saturated heterocycles. The van der Waals surface area contributed by atoms with E-state index < -0.39 is 12.1 Å². The van der Waals surface area contributed by atoms with Gasteiger partial charge >= 0.3 is 5.97 Å². The molecule has 1 atom stereocenters. The van der Waals surface area contributed by atoms with Gasteiger partial charge in [-0.15, -0.1) is 0 Å². The Morgan fingerprint density at radius 1 is 1.09 bits per heavy atom. The van der Waals surface area contributed by atoms with Crippen LogP contribution in [0.1, 0.15) is 24.2 Å². The molecule has 0 aliphatic carbocycles. The fourth-order valence-electron chi connectivity index (χ4n) is 2.15. The van der Waals surface area contributed by atoms with Gasteiger partial charge in [0, 0.05) is 13.0 Å². The lowest BCUT2D eigenvalue weighted by molar-refractivity contribution is -0.150. The van der Waals surface area contributed by atoms with Gasteiger partial charge in [-0.25, -0.2) is 4.79 Å². The monoisotopic (exact) mass is 300 g/mol. The second-order valence-corrected chi connectivity index (χ2v) is 4.83. The quantitative estimate of drug-likeness (QED) is 0.811. The minimum Gasteiger partial charge on any atom is -0.493 e. The molecule has 2 aromatic carbocycles. The van der Waals surface area contributed by atoms with Crippen LogP contribution in [0.15, 0.2) is 54.6 Å². The van der Waals surface area contributed by atoms with Gasteiger partial charge in [-0.1, -0.05) is 42.5 Å². The third-order valence-electron chi connectivity index (χ3n) is 3.24. The van der Waals surface area contributed by atoms with Crippen LogP contribution in [0.4, 0.5) is 0 Å². The van der Waals surface area contributed by atoms with E-state index in [1.54, 1.807) is 31.2 Å². The number of rotatable bonds is 8. The fraction of sp³-hybridized carbons (Fsp3) is 0.278. The van der Waals surface area contributed by atoms with Gasteiger partial charge in [-0.05, 0) is 30.2 Å². The first kappa shape index (κ1) is 16.0. The van der Waals surface area contributed by atoms with Gasteiger partial charge in [-0.2, -0.15) is 0 Å². The SMILES string of the molecule is CCOC(C(=O)O)c1ccc(OCCc2ccccc2)cc1. The van der Waals surface area contributed by atoms with Crippen LogP contribution in [-0.2, 0) is 16.0 Å². The maximum absolute atomic E-state index is 11.1. The lowest BCUT2D eigenvalue weighted by atomic mass is 10.1. The molecular formula is C18H20O4. The molecule has 0 heterocycles. The number of ether oxygens (including phenoxy) is 2. The van der Waals surface area contributed by atoms with Crippen molar-refractivity contribution in [1.29, 1.82) is 0 Å². The van der Waals surface area contributed by atoms with Gasteiger partial charge in [0.1, 0.15) is 5.75 Å². The van der Waals surface area contributed by atoms with E-state index in [-0.39, 0.29) is 0 Å². The number of carboxylic acid groups (broad SMARTS) is 1. The summed E-state index contributed by atoms with van der Waals surface area (Å²) < 4.78 is 10.9. The minimum absolute atomic E-state index is 0.353. The Balaban J connectivity index is 1.90. The molecule has 0 amide bonds. The normalized spacial score (nSPS) is 11.9. The van der Waals surface area contributed by atoms with Crippen LogP contribution in [0.3, 0.4) is 0 Å². The van der Waals surface area contributed by atoms with Crippen LogP contribution in [0.5, 0.6) is 5.75 Å². The average molecular weight is 300 g/mol. The van der Waals surface area contributed by atoms with E-state index >= 15 is 0 Å². The van der Waals surface area contributed by atoms with Crippen molar-refractivity contribution < 1.29 is 19.4 Å². The Morgan fingerprint density at radius 2 is 1.77 bits per heavy atom. The highest BCUT2D eigenvalue weighted by molar-refractivity contribution is 5.74. The predicted octanol–water partition coefficient (Wildman–Crippen LogP) is 3.47. The topological polar surface area (TPSA) is 55.8 Å². The largest absolute Gasteiger partial charge is 0.493 e. The molecule has 4 heteroatoms. The highest BCUT2D eigenvalue weighted by Crippen LogP contribution is 2.21. The molecule has 0 radical (unpaired) electrons. The van der Waals surface area contributed by atoms with Crippen molar-refractivity contribution in [1.82, 2.24) is 0 Å². The second-order valence-electron chi connectivity index (χ2n) is 4.83. The van der Waals surface area contributed by atoms with Crippen molar-refractivity contribution >= 4 is 5.97 Å². The summed E-state index contributed by atoms with van der Waals surface area (Å²) in [5, 5.41) is 9.14. The Morgan fingerprint density at radius 3 is 2.36 bits per heavy atom. The lowest BCUT2D eigenvalue weighted by Gasteiger charge is -2.13. The summed E-state index contributed by atoms with van der Waals surface area (Å²) in [6, 6.07) is 17.1. The van der Waals surface area contributed by atoms with Crippen molar-refractivity contribution in [3.05, 3.63) is 65.7 Å². The standard InChI is InChI=1S/C18H20O4/c1-2-21-17(18(19)20)15-8-10-16(11-9-15)22-13-12-14-6-4-3-5-7-14/h3-11,17H,2,12-13H2,1H3,(H,19,20).